The highest BCUT2D eigenvalue weighted by molar-refractivity contribution is 5.48. The molecular weight excluding hydrogens is 160 g/mol. The Labute approximate surface area is 79.7 Å². The standard InChI is InChI=1S/C11H18N2/c1-11(2,3)9-5-4-8-6-7-12-10(8)13-9/h6-7,9,12-13H,4-5H2,1-3H3. The Bertz CT molecular complexity index is 293. The van der Waals surface area contributed by atoms with Gasteiger partial charge < -0.3 is 10.3 Å². The van der Waals surface area contributed by atoms with E-state index in [-0.39, 0.29) is 0 Å². The highest BCUT2D eigenvalue weighted by Gasteiger charge is 2.28. The van der Waals surface area contributed by atoms with Gasteiger partial charge in [-0.2, -0.15) is 0 Å². The Balaban J connectivity index is 2.18. The highest BCUT2D eigenvalue weighted by Crippen LogP contribution is 2.31. The van der Waals surface area contributed by atoms with Crippen LogP contribution >= 0.6 is 0 Å². The van der Waals surface area contributed by atoms with Crippen molar-refractivity contribution in [2.45, 2.75) is 39.7 Å². The van der Waals surface area contributed by atoms with Gasteiger partial charge in [-0.05, 0) is 29.9 Å². The third kappa shape index (κ3) is 1.58. The summed E-state index contributed by atoms with van der Waals surface area (Å²) in [5.74, 6) is 1.23. The summed E-state index contributed by atoms with van der Waals surface area (Å²) in [6, 6.07) is 2.76. The summed E-state index contributed by atoms with van der Waals surface area (Å²) in [6.07, 6.45) is 4.46. The van der Waals surface area contributed by atoms with Crippen LogP contribution < -0.4 is 5.32 Å². The minimum Gasteiger partial charge on any atom is -0.368 e. The minimum atomic E-state index is 0.350. The summed E-state index contributed by atoms with van der Waals surface area (Å²) in [5.41, 5.74) is 1.78. The van der Waals surface area contributed by atoms with Crippen LogP contribution in [-0.4, -0.2) is 11.0 Å². The number of aromatic amines is 1. The molecular formula is C11H18N2. The molecule has 0 spiro atoms. The molecule has 0 fully saturated rings. The maximum absolute atomic E-state index is 3.56. The third-order valence-corrected chi connectivity index (χ3v) is 2.90. The molecule has 0 aromatic carbocycles. The van der Waals surface area contributed by atoms with E-state index in [9.17, 15) is 0 Å². The predicted octanol–water partition coefficient (Wildman–Crippen LogP) is 2.79. The summed E-state index contributed by atoms with van der Waals surface area (Å²) >= 11 is 0. The molecule has 1 aromatic heterocycles. The van der Waals surface area contributed by atoms with E-state index in [1.807, 2.05) is 6.20 Å². The van der Waals surface area contributed by atoms with Crippen LogP contribution in [-0.2, 0) is 6.42 Å². The normalized spacial score (nSPS) is 22.2. The Morgan fingerprint density at radius 2 is 2.15 bits per heavy atom. The smallest absolute Gasteiger partial charge is 0.106 e. The molecule has 1 unspecified atom stereocenters. The fourth-order valence-corrected chi connectivity index (χ4v) is 1.94. The molecule has 0 saturated carbocycles. The molecule has 0 saturated heterocycles. The highest BCUT2D eigenvalue weighted by atomic mass is 15.0. The second-order valence-electron chi connectivity index (χ2n) is 4.98. The van der Waals surface area contributed by atoms with Crippen LogP contribution in [0.4, 0.5) is 5.82 Å². The lowest BCUT2D eigenvalue weighted by molar-refractivity contribution is 0.320. The van der Waals surface area contributed by atoms with Gasteiger partial charge in [0.15, 0.2) is 0 Å². The molecule has 2 heteroatoms. The third-order valence-electron chi connectivity index (χ3n) is 2.90. The monoisotopic (exact) mass is 178 g/mol. The zero-order chi connectivity index (χ0) is 9.47. The van der Waals surface area contributed by atoms with Crippen LogP contribution in [0, 0.1) is 5.41 Å². The van der Waals surface area contributed by atoms with Crippen LogP contribution in [0.25, 0.3) is 0 Å². The summed E-state index contributed by atoms with van der Waals surface area (Å²) in [5, 5.41) is 3.56. The molecule has 1 aromatic rings. The Morgan fingerprint density at radius 1 is 1.38 bits per heavy atom. The van der Waals surface area contributed by atoms with Gasteiger partial charge in [0, 0.05) is 12.2 Å². The van der Waals surface area contributed by atoms with E-state index in [4.69, 9.17) is 0 Å². The van der Waals surface area contributed by atoms with Crippen molar-refractivity contribution < 1.29 is 0 Å². The molecule has 0 radical (unpaired) electrons. The number of aryl methyl sites for hydroxylation is 1. The fourth-order valence-electron chi connectivity index (χ4n) is 1.94. The van der Waals surface area contributed by atoms with Crippen molar-refractivity contribution in [2.24, 2.45) is 5.41 Å². The maximum Gasteiger partial charge on any atom is 0.106 e. The van der Waals surface area contributed by atoms with Gasteiger partial charge in [0.25, 0.3) is 0 Å². The largest absolute Gasteiger partial charge is 0.368 e. The zero-order valence-corrected chi connectivity index (χ0v) is 8.65. The first-order valence-electron chi connectivity index (χ1n) is 5.00. The minimum absolute atomic E-state index is 0.350. The lowest BCUT2D eigenvalue weighted by Gasteiger charge is -2.35. The van der Waals surface area contributed by atoms with Crippen molar-refractivity contribution in [2.75, 3.05) is 5.32 Å². The molecule has 72 valence electrons. The quantitative estimate of drug-likeness (QED) is 0.628. The van der Waals surface area contributed by atoms with Crippen molar-refractivity contribution in [3.63, 3.8) is 0 Å². The number of rotatable bonds is 0. The molecule has 13 heavy (non-hydrogen) atoms. The molecule has 1 atom stereocenters. The molecule has 1 aliphatic rings. The molecule has 0 bridgehead atoms. The molecule has 2 nitrogen and oxygen atoms in total. The van der Waals surface area contributed by atoms with E-state index in [2.05, 4.69) is 37.1 Å². The van der Waals surface area contributed by atoms with Gasteiger partial charge in [-0.25, -0.2) is 0 Å². The first-order chi connectivity index (χ1) is 6.07. The topological polar surface area (TPSA) is 27.8 Å². The van der Waals surface area contributed by atoms with Crippen LogP contribution in [0.15, 0.2) is 12.3 Å². The van der Waals surface area contributed by atoms with E-state index < -0.39 is 0 Å². The van der Waals surface area contributed by atoms with Crippen LogP contribution in [0.2, 0.25) is 0 Å². The molecule has 1 aliphatic heterocycles. The van der Waals surface area contributed by atoms with Gasteiger partial charge in [0.1, 0.15) is 5.82 Å². The maximum atomic E-state index is 3.56. The Morgan fingerprint density at radius 3 is 2.85 bits per heavy atom. The molecule has 0 aliphatic carbocycles. The van der Waals surface area contributed by atoms with Crippen molar-refractivity contribution in [1.82, 2.24) is 4.98 Å². The lowest BCUT2D eigenvalue weighted by Crippen LogP contribution is -2.37. The van der Waals surface area contributed by atoms with E-state index in [1.165, 1.54) is 24.2 Å². The lowest BCUT2D eigenvalue weighted by atomic mass is 9.82. The number of nitrogens with one attached hydrogen (secondary N) is 2. The molecule has 0 amide bonds. The SMILES string of the molecule is CC(C)(C)C1CCc2cc[nH]c2N1. The predicted molar refractivity (Wildman–Crippen MR) is 56.0 cm³/mol. The molecule has 2 heterocycles. The van der Waals surface area contributed by atoms with E-state index >= 15 is 0 Å². The molecule has 2 rings (SSSR count). The summed E-state index contributed by atoms with van der Waals surface area (Å²) < 4.78 is 0. The first kappa shape index (κ1) is 8.67. The van der Waals surface area contributed by atoms with Crippen molar-refractivity contribution >= 4 is 5.82 Å². The van der Waals surface area contributed by atoms with Gasteiger partial charge in [-0.1, -0.05) is 20.8 Å². The van der Waals surface area contributed by atoms with Crippen molar-refractivity contribution in [1.29, 1.82) is 0 Å². The number of fused-ring (bicyclic) bond motifs is 1. The van der Waals surface area contributed by atoms with Crippen LogP contribution in [0.1, 0.15) is 32.8 Å². The van der Waals surface area contributed by atoms with Gasteiger partial charge in [0.2, 0.25) is 0 Å². The Hall–Kier alpha value is -0.920. The van der Waals surface area contributed by atoms with Gasteiger partial charge >= 0.3 is 0 Å². The number of anilines is 1. The average molecular weight is 178 g/mol. The first-order valence-corrected chi connectivity index (χ1v) is 5.00. The number of H-pyrrole nitrogens is 1. The van der Waals surface area contributed by atoms with Gasteiger partial charge in [0.05, 0.1) is 0 Å². The number of hydrogen-bond donors (Lipinski definition) is 2. The zero-order valence-electron chi connectivity index (χ0n) is 8.65. The van der Waals surface area contributed by atoms with Crippen LogP contribution in [0.5, 0.6) is 0 Å². The second-order valence-corrected chi connectivity index (χ2v) is 4.98. The fraction of sp³-hybridized carbons (Fsp3) is 0.636. The summed E-state index contributed by atoms with van der Waals surface area (Å²) in [4.78, 5) is 3.25. The van der Waals surface area contributed by atoms with Crippen molar-refractivity contribution in [3.8, 4) is 0 Å². The van der Waals surface area contributed by atoms with E-state index in [1.54, 1.807) is 0 Å². The van der Waals surface area contributed by atoms with E-state index in [0.717, 1.165) is 0 Å². The summed E-state index contributed by atoms with van der Waals surface area (Å²) in [6.45, 7) is 6.87. The van der Waals surface area contributed by atoms with E-state index in [0.29, 0.717) is 11.5 Å². The molecule has 2 N–H and O–H groups in total. The summed E-state index contributed by atoms with van der Waals surface area (Å²) in [7, 11) is 0. The van der Waals surface area contributed by atoms with Gasteiger partial charge in [-0.3, -0.25) is 0 Å². The van der Waals surface area contributed by atoms with Gasteiger partial charge in [-0.15, -0.1) is 0 Å². The average Bonchev–Trinajstić information content (AvgIpc) is 2.47. The second kappa shape index (κ2) is 2.79. The Kier molecular flexibility index (Phi) is 1.86. The number of hydrogen-bond acceptors (Lipinski definition) is 1. The number of aromatic nitrogens is 1. The van der Waals surface area contributed by atoms with Crippen molar-refractivity contribution in [3.05, 3.63) is 17.8 Å². The van der Waals surface area contributed by atoms with Crippen LogP contribution in [0.3, 0.4) is 0 Å².